The van der Waals surface area contributed by atoms with Crippen molar-refractivity contribution in [3.05, 3.63) is 29.8 Å². The van der Waals surface area contributed by atoms with Crippen molar-refractivity contribution in [1.82, 2.24) is 0 Å². The number of aryl methyl sites for hydroxylation is 1. The summed E-state index contributed by atoms with van der Waals surface area (Å²) in [6.07, 6.45) is 8.22. The molecule has 2 bridgehead atoms. The van der Waals surface area contributed by atoms with Crippen molar-refractivity contribution < 1.29 is 27.2 Å². The lowest BCUT2D eigenvalue weighted by Crippen LogP contribution is -2.66. The van der Waals surface area contributed by atoms with Gasteiger partial charge in [0.15, 0.2) is 5.79 Å². The molecule has 206 valence electrons. The Labute approximate surface area is 222 Å². The summed E-state index contributed by atoms with van der Waals surface area (Å²) in [5.74, 6) is 0.641. The number of hydrogen-bond acceptors (Lipinski definition) is 6. The van der Waals surface area contributed by atoms with Gasteiger partial charge in [-0.2, -0.15) is 8.42 Å². The SMILES string of the molecule is Cc1ccc(S(=O)(=O)OC[C@@]2(O)CC[C@]34C[C@H]2C[C@@H]3CC[C@H]2[C@]3(C)COC(C)(C)O[C@@H]3CC[C@@]24C)cc1. The van der Waals surface area contributed by atoms with Gasteiger partial charge < -0.3 is 14.6 Å². The zero-order valence-electron chi connectivity index (χ0n) is 23.1. The van der Waals surface area contributed by atoms with Gasteiger partial charge in [0.25, 0.3) is 10.1 Å². The lowest BCUT2D eigenvalue weighted by atomic mass is 9.39. The molecule has 37 heavy (non-hydrogen) atoms. The Balaban J connectivity index is 1.22. The summed E-state index contributed by atoms with van der Waals surface area (Å²) in [4.78, 5) is 0.148. The molecule has 6 rings (SSSR count). The van der Waals surface area contributed by atoms with Crippen molar-refractivity contribution in [2.24, 2.45) is 34.0 Å². The fraction of sp³-hybridized carbons (Fsp3) is 0.800. The van der Waals surface area contributed by atoms with Gasteiger partial charge in [-0.25, -0.2) is 0 Å². The minimum atomic E-state index is -3.91. The minimum absolute atomic E-state index is 0.000690. The second-order valence-electron chi connectivity index (χ2n) is 14.0. The van der Waals surface area contributed by atoms with E-state index in [1.165, 1.54) is 12.8 Å². The van der Waals surface area contributed by atoms with Crippen molar-refractivity contribution in [2.45, 2.75) is 108 Å². The fourth-order valence-corrected chi connectivity index (χ4v) is 10.7. The number of fused-ring (bicyclic) bond motifs is 4. The summed E-state index contributed by atoms with van der Waals surface area (Å²) in [6, 6.07) is 6.69. The molecule has 1 aromatic rings. The third kappa shape index (κ3) is 3.81. The first-order chi connectivity index (χ1) is 17.2. The zero-order valence-corrected chi connectivity index (χ0v) is 23.9. The molecule has 5 fully saturated rings. The zero-order chi connectivity index (χ0) is 26.5. The number of hydrogen-bond donors (Lipinski definition) is 1. The molecule has 1 saturated heterocycles. The van der Waals surface area contributed by atoms with Crippen molar-refractivity contribution >= 4 is 10.1 Å². The van der Waals surface area contributed by atoms with Crippen LogP contribution < -0.4 is 0 Å². The predicted octanol–water partition coefficient (Wildman–Crippen LogP) is 5.61. The molecule has 0 radical (unpaired) electrons. The van der Waals surface area contributed by atoms with E-state index in [-0.39, 0.29) is 39.8 Å². The third-order valence-electron chi connectivity index (χ3n) is 11.8. The van der Waals surface area contributed by atoms with Gasteiger partial charge in [0.2, 0.25) is 0 Å². The van der Waals surface area contributed by atoms with Gasteiger partial charge in [-0.1, -0.05) is 31.5 Å². The largest absolute Gasteiger partial charge is 0.387 e. The van der Waals surface area contributed by atoms with Gasteiger partial charge in [0, 0.05) is 5.41 Å². The highest BCUT2D eigenvalue weighted by molar-refractivity contribution is 7.86. The maximum atomic E-state index is 12.9. The summed E-state index contributed by atoms with van der Waals surface area (Å²) in [6.45, 7) is 11.5. The van der Waals surface area contributed by atoms with E-state index in [0.29, 0.717) is 18.3 Å². The molecular weight excluding hydrogens is 488 g/mol. The molecule has 1 spiro atoms. The van der Waals surface area contributed by atoms with Crippen LogP contribution in [-0.2, 0) is 23.8 Å². The summed E-state index contributed by atoms with van der Waals surface area (Å²) >= 11 is 0. The molecule has 1 aromatic carbocycles. The molecule has 0 unspecified atom stereocenters. The first kappa shape index (κ1) is 26.2. The monoisotopic (exact) mass is 532 g/mol. The molecule has 0 amide bonds. The van der Waals surface area contributed by atoms with Gasteiger partial charge in [-0.3, -0.25) is 4.18 Å². The standard InChI is InChI=1S/C30H44O6S/c1-20-6-9-23(10-7-20)37(32,33)35-19-30(31)15-14-29-17-22(30)16-21(29)8-11-24-27(4)18-34-26(2,3)36-25(27)12-13-28(24,29)5/h6-7,9-10,21-22,24-25,31H,8,11-19H2,1-5H3/t21-,22+,24-,25+,27-,28-,29-,30-/m0/s1. The number of benzene rings is 1. The van der Waals surface area contributed by atoms with Gasteiger partial charge in [-0.05, 0) is 113 Å². The molecule has 1 N–H and O–H groups in total. The topological polar surface area (TPSA) is 82.1 Å². The van der Waals surface area contributed by atoms with E-state index >= 15 is 0 Å². The summed E-state index contributed by atoms with van der Waals surface area (Å²) in [5, 5.41) is 11.8. The first-order valence-electron chi connectivity index (χ1n) is 14.2. The molecule has 1 aliphatic heterocycles. The average Bonchev–Trinajstić information content (AvgIpc) is 3.19. The van der Waals surface area contributed by atoms with E-state index < -0.39 is 21.5 Å². The second-order valence-corrected chi connectivity index (χ2v) is 15.6. The second kappa shape index (κ2) is 8.26. The summed E-state index contributed by atoms with van der Waals surface area (Å²) in [7, 11) is -3.91. The van der Waals surface area contributed by atoms with Gasteiger partial charge in [0.1, 0.15) is 0 Å². The van der Waals surface area contributed by atoms with Crippen LogP contribution in [0.3, 0.4) is 0 Å². The lowest BCUT2D eigenvalue weighted by molar-refractivity contribution is -0.352. The van der Waals surface area contributed by atoms with E-state index in [0.717, 1.165) is 44.3 Å². The molecule has 0 aromatic heterocycles. The Hall–Kier alpha value is -0.990. The van der Waals surface area contributed by atoms with Crippen LogP contribution >= 0.6 is 0 Å². The first-order valence-corrected chi connectivity index (χ1v) is 15.6. The van der Waals surface area contributed by atoms with Gasteiger partial charge >= 0.3 is 0 Å². The molecule has 6 nitrogen and oxygen atoms in total. The van der Waals surface area contributed by atoms with Crippen LogP contribution in [0.15, 0.2) is 29.2 Å². The minimum Gasteiger partial charge on any atom is -0.387 e. The lowest BCUT2D eigenvalue weighted by Gasteiger charge is -2.68. The normalized spacial score (nSPS) is 46.5. The Morgan fingerprint density at radius 2 is 1.73 bits per heavy atom. The molecule has 5 aliphatic rings. The average molecular weight is 533 g/mol. The highest BCUT2D eigenvalue weighted by Gasteiger charge is 2.71. The number of rotatable bonds is 4. The fourth-order valence-electron chi connectivity index (χ4n) is 9.73. The Kier molecular flexibility index (Phi) is 5.86. The highest BCUT2D eigenvalue weighted by Crippen LogP contribution is 2.76. The van der Waals surface area contributed by atoms with E-state index in [9.17, 15) is 13.5 Å². The van der Waals surface area contributed by atoms with Crippen LogP contribution in [0, 0.1) is 40.9 Å². The Morgan fingerprint density at radius 1 is 1.00 bits per heavy atom. The Bertz CT molecular complexity index is 1160. The molecule has 4 aliphatic carbocycles. The quantitative estimate of drug-likeness (QED) is 0.508. The van der Waals surface area contributed by atoms with Gasteiger partial charge in [-0.15, -0.1) is 0 Å². The van der Waals surface area contributed by atoms with Crippen LogP contribution in [0.4, 0.5) is 0 Å². The van der Waals surface area contributed by atoms with E-state index in [4.69, 9.17) is 13.7 Å². The predicted molar refractivity (Wildman–Crippen MR) is 140 cm³/mol. The van der Waals surface area contributed by atoms with Crippen molar-refractivity contribution in [3.8, 4) is 0 Å². The van der Waals surface area contributed by atoms with E-state index in [1.54, 1.807) is 24.3 Å². The molecule has 8 atom stereocenters. The number of ether oxygens (including phenoxy) is 2. The molecule has 1 heterocycles. The molecule has 7 heteroatoms. The maximum Gasteiger partial charge on any atom is 0.297 e. The van der Waals surface area contributed by atoms with Crippen molar-refractivity contribution in [3.63, 3.8) is 0 Å². The van der Waals surface area contributed by atoms with Crippen molar-refractivity contribution in [2.75, 3.05) is 13.2 Å². The van der Waals surface area contributed by atoms with Crippen LogP contribution in [0.2, 0.25) is 0 Å². The smallest absolute Gasteiger partial charge is 0.297 e. The van der Waals surface area contributed by atoms with E-state index in [2.05, 4.69) is 13.8 Å². The van der Waals surface area contributed by atoms with E-state index in [1.807, 2.05) is 20.8 Å². The maximum absolute atomic E-state index is 12.9. The third-order valence-corrected chi connectivity index (χ3v) is 13.1. The summed E-state index contributed by atoms with van der Waals surface area (Å²) in [5.41, 5.74) is 0.242. The number of aliphatic hydroxyl groups is 1. The molecule has 4 saturated carbocycles. The van der Waals surface area contributed by atoms with Crippen LogP contribution in [0.5, 0.6) is 0 Å². The van der Waals surface area contributed by atoms with Crippen LogP contribution in [0.1, 0.15) is 84.6 Å². The Morgan fingerprint density at radius 3 is 2.46 bits per heavy atom. The highest BCUT2D eigenvalue weighted by atomic mass is 32.2. The molecular formula is C30H44O6S. The van der Waals surface area contributed by atoms with Crippen LogP contribution in [0.25, 0.3) is 0 Å². The summed E-state index contributed by atoms with van der Waals surface area (Å²) < 4.78 is 44.0. The van der Waals surface area contributed by atoms with Crippen LogP contribution in [-0.4, -0.2) is 44.2 Å². The van der Waals surface area contributed by atoms with Crippen molar-refractivity contribution in [1.29, 1.82) is 0 Å². The van der Waals surface area contributed by atoms with Gasteiger partial charge in [0.05, 0.1) is 29.8 Å².